The van der Waals surface area contributed by atoms with Crippen LogP contribution in [0.3, 0.4) is 0 Å². The molecule has 1 aromatic heterocycles. The summed E-state index contributed by atoms with van der Waals surface area (Å²) in [6.45, 7) is 7.21. The van der Waals surface area contributed by atoms with Crippen molar-refractivity contribution in [1.29, 1.82) is 0 Å². The van der Waals surface area contributed by atoms with Gasteiger partial charge in [-0.3, -0.25) is 10.1 Å². The number of benzene rings is 1. The number of aliphatic imine (C=N–C) groups is 1. The fourth-order valence-corrected chi connectivity index (χ4v) is 3.31. The highest BCUT2D eigenvalue weighted by atomic mass is 16.5. The highest BCUT2D eigenvalue weighted by Crippen LogP contribution is 2.30. The van der Waals surface area contributed by atoms with Gasteiger partial charge in [0.25, 0.3) is 0 Å². The zero-order chi connectivity index (χ0) is 17.2. The largest absolute Gasteiger partial charge is 0.494 e. The molecule has 2 atom stereocenters. The van der Waals surface area contributed by atoms with Gasteiger partial charge in [-0.15, -0.1) is 0 Å². The van der Waals surface area contributed by atoms with Crippen LogP contribution in [0.1, 0.15) is 25.6 Å². The third-order valence-electron chi connectivity index (χ3n) is 4.51. The topological polar surface area (TPSA) is 74.8 Å². The van der Waals surface area contributed by atoms with Crippen LogP contribution in [0.15, 0.2) is 35.1 Å². The van der Waals surface area contributed by atoms with Crippen LogP contribution in [-0.4, -0.2) is 53.8 Å². The summed E-state index contributed by atoms with van der Waals surface area (Å²) < 4.78 is 11.3. The van der Waals surface area contributed by atoms with Crippen molar-refractivity contribution in [1.82, 2.24) is 20.4 Å². The van der Waals surface area contributed by atoms with E-state index in [1.54, 1.807) is 6.34 Å². The second-order valence-electron chi connectivity index (χ2n) is 6.30. The third-order valence-corrected chi connectivity index (χ3v) is 4.51. The Kier molecular flexibility index (Phi) is 4.31. The van der Waals surface area contributed by atoms with Gasteiger partial charge < -0.3 is 19.7 Å². The first-order valence-corrected chi connectivity index (χ1v) is 8.72. The van der Waals surface area contributed by atoms with Crippen LogP contribution in [0, 0.1) is 0 Å². The van der Waals surface area contributed by atoms with Gasteiger partial charge in [0.05, 0.1) is 36.9 Å². The maximum Gasteiger partial charge on any atom is 0.120 e. The Labute approximate surface area is 146 Å². The summed E-state index contributed by atoms with van der Waals surface area (Å²) in [5.74, 6) is 1.92. The van der Waals surface area contributed by atoms with Gasteiger partial charge >= 0.3 is 0 Å². The van der Waals surface area contributed by atoms with E-state index in [1.165, 1.54) is 0 Å². The van der Waals surface area contributed by atoms with E-state index in [4.69, 9.17) is 9.47 Å². The number of nitrogens with zero attached hydrogens (tertiary/aromatic N) is 3. The minimum Gasteiger partial charge on any atom is -0.494 e. The Balaban J connectivity index is 1.64. The lowest BCUT2D eigenvalue weighted by atomic mass is 10.1. The summed E-state index contributed by atoms with van der Waals surface area (Å²) in [4.78, 5) is 6.88. The zero-order valence-corrected chi connectivity index (χ0v) is 14.5. The second-order valence-corrected chi connectivity index (χ2v) is 6.30. The quantitative estimate of drug-likeness (QED) is 0.892. The Hall–Kier alpha value is -2.54. The second kappa shape index (κ2) is 6.76. The monoisotopic (exact) mass is 341 g/mol. The molecule has 2 N–H and O–H groups in total. The number of hydrogen-bond acceptors (Lipinski definition) is 6. The molecule has 2 aliphatic rings. The average molecular weight is 341 g/mol. The van der Waals surface area contributed by atoms with E-state index in [2.05, 4.69) is 38.4 Å². The van der Waals surface area contributed by atoms with Crippen LogP contribution in [0.25, 0.3) is 10.9 Å². The number of H-pyrrole nitrogens is 1. The number of aromatic nitrogens is 2. The summed E-state index contributed by atoms with van der Waals surface area (Å²) in [5, 5.41) is 11.9. The summed E-state index contributed by atoms with van der Waals surface area (Å²) >= 11 is 0. The zero-order valence-electron chi connectivity index (χ0n) is 14.5. The predicted octanol–water partition coefficient (Wildman–Crippen LogP) is 2.20. The number of nitrogens with one attached hydrogen (secondary N) is 2. The van der Waals surface area contributed by atoms with Crippen molar-refractivity contribution in [3.63, 3.8) is 0 Å². The lowest BCUT2D eigenvalue weighted by Gasteiger charge is -2.35. The summed E-state index contributed by atoms with van der Waals surface area (Å²) in [6, 6.07) is 5.84. The molecule has 2 aromatic rings. The van der Waals surface area contributed by atoms with Crippen molar-refractivity contribution in [2.45, 2.75) is 26.0 Å². The number of fused-ring (bicyclic) bond motifs is 1. The minimum atomic E-state index is -0.101. The lowest BCUT2D eigenvalue weighted by molar-refractivity contribution is -0.00750. The summed E-state index contributed by atoms with van der Waals surface area (Å²) in [5.41, 5.74) is 1.90. The van der Waals surface area contributed by atoms with Crippen molar-refractivity contribution >= 4 is 17.2 Å². The van der Waals surface area contributed by atoms with Crippen LogP contribution < -0.4 is 10.1 Å². The van der Waals surface area contributed by atoms with E-state index in [0.29, 0.717) is 6.61 Å². The molecule has 0 spiro atoms. The fourth-order valence-electron chi connectivity index (χ4n) is 3.31. The highest BCUT2D eigenvalue weighted by Gasteiger charge is 2.23. The maximum absolute atomic E-state index is 5.63. The normalized spacial score (nSPS) is 23.4. The molecule has 1 saturated heterocycles. The first-order chi connectivity index (χ1) is 12.2. The number of ether oxygens (including phenoxy) is 2. The molecular weight excluding hydrogens is 318 g/mol. The lowest BCUT2D eigenvalue weighted by Crippen LogP contribution is -2.44. The van der Waals surface area contributed by atoms with Crippen molar-refractivity contribution < 1.29 is 9.47 Å². The Morgan fingerprint density at radius 3 is 3.16 bits per heavy atom. The van der Waals surface area contributed by atoms with Crippen molar-refractivity contribution in [3.8, 4) is 5.75 Å². The molecule has 0 saturated carbocycles. The SMILES string of the molecule is CCOc1ccc2n[nH]c(C3C=C(N4CCO[C@H](C)C4)NC=N3)c2c1. The third kappa shape index (κ3) is 3.19. The van der Waals surface area contributed by atoms with Crippen LogP contribution in [0.4, 0.5) is 0 Å². The molecule has 132 valence electrons. The molecule has 1 fully saturated rings. The van der Waals surface area contributed by atoms with Gasteiger partial charge in [0, 0.05) is 18.5 Å². The number of hydrogen-bond donors (Lipinski definition) is 2. The molecule has 0 bridgehead atoms. The minimum absolute atomic E-state index is 0.101. The maximum atomic E-state index is 5.63. The van der Waals surface area contributed by atoms with E-state index >= 15 is 0 Å². The number of morpholine rings is 1. The highest BCUT2D eigenvalue weighted by molar-refractivity contribution is 5.84. The molecule has 7 heteroatoms. The smallest absolute Gasteiger partial charge is 0.120 e. The molecule has 7 nitrogen and oxygen atoms in total. The van der Waals surface area contributed by atoms with Gasteiger partial charge in [-0.25, -0.2) is 0 Å². The standard InChI is InChI=1S/C18H23N5O2/c1-3-24-13-4-5-15-14(8-13)18(22-21-15)16-9-17(20-11-19-16)23-6-7-25-12(2)10-23/h4-5,8-9,11-12,16H,3,6-7,10H2,1-2H3,(H,19,20)(H,21,22)/t12-,16?/m1/s1. The molecule has 4 rings (SSSR count). The van der Waals surface area contributed by atoms with E-state index in [0.717, 1.165) is 47.9 Å². The van der Waals surface area contributed by atoms with Crippen LogP contribution >= 0.6 is 0 Å². The number of aromatic amines is 1. The van der Waals surface area contributed by atoms with E-state index in [1.807, 2.05) is 25.1 Å². The van der Waals surface area contributed by atoms with Gasteiger partial charge in [0.1, 0.15) is 17.6 Å². The van der Waals surface area contributed by atoms with Gasteiger partial charge in [-0.2, -0.15) is 5.10 Å². The van der Waals surface area contributed by atoms with Crippen molar-refractivity contribution in [2.24, 2.45) is 4.99 Å². The Morgan fingerprint density at radius 1 is 1.40 bits per heavy atom. The van der Waals surface area contributed by atoms with Crippen LogP contribution in [0.2, 0.25) is 0 Å². The summed E-state index contributed by atoms with van der Waals surface area (Å²) in [7, 11) is 0. The molecule has 0 radical (unpaired) electrons. The van der Waals surface area contributed by atoms with Crippen molar-refractivity contribution in [3.05, 3.63) is 35.8 Å². The van der Waals surface area contributed by atoms with Gasteiger partial charge in [-0.1, -0.05) is 0 Å². The molecule has 2 aliphatic heterocycles. The van der Waals surface area contributed by atoms with Crippen LogP contribution in [-0.2, 0) is 4.74 Å². The first-order valence-electron chi connectivity index (χ1n) is 8.72. The number of rotatable bonds is 4. The average Bonchev–Trinajstić information content (AvgIpc) is 3.05. The molecule has 0 aliphatic carbocycles. The predicted molar refractivity (Wildman–Crippen MR) is 96.7 cm³/mol. The van der Waals surface area contributed by atoms with Crippen molar-refractivity contribution in [2.75, 3.05) is 26.3 Å². The molecule has 25 heavy (non-hydrogen) atoms. The molecule has 0 amide bonds. The molecular formula is C18H23N5O2. The van der Waals surface area contributed by atoms with Gasteiger partial charge in [-0.05, 0) is 38.1 Å². The molecule has 3 heterocycles. The van der Waals surface area contributed by atoms with Gasteiger partial charge in [0.2, 0.25) is 0 Å². The summed E-state index contributed by atoms with van der Waals surface area (Å²) in [6.07, 6.45) is 4.13. The van der Waals surface area contributed by atoms with E-state index in [9.17, 15) is 0 Å². The Morgan fingerprint density at radius 2 is 2.32 bits per heavy atom. The van der Waals surface area contributed by atoms with E-state index < -0.39 is 0 Å². The van der Waals surface area contributed by atoms with Gasteiger partial charge in [0.15, 0.2) is 0 Å². The Bertz CT molecular complexity index is 813. The molecule has 1 unspecified atom stereocenters. The molecule has 1 aromatic carbocycles. The fraction of sp³-hybridized carbons (Fsp3) is 0.444. The van der Waals surface area contributed by atoms with Crippen LogP contribution in [0.5, 0.6) is 5.75 Å². The van der Waals surface area contributed by atoms with E-state index in [-0.39, 0.29) is 12.1 Å². The first kappa shape index (κ1) is 16.0.